The summed E-state index contributed by atoms with van der Waals surface area (Å²) in [4.78, 5) is 18.4. The number of aliphatic hydroxyl groups excluding tert-OH is 1. The SMILES string of the molecule is O=C(C[C@@H](Cc1cc(F)cc(F)c1)[C@H](O)CN1CCCCCCCOCc2cc3nc(CC4CC4)oc3cc2S1(=O)=O)O[C@H]1C[C@H]2CO[C@H]3OCC[C@@H]1[C@@H]23. The number of fused-ring (bicyclic) bond motifs is 2. The first-order valence-electron chi connectivity index (χ1n) is 19.7. The van der Waals surface area contributed by atoms with Gasteiger partial charge in [-0.3, -0.25) is 4.79 Å². The lowest BCUT2D eigenvalue weighted by molar-refractivity contribution is -0.182. The van der Waals surface area contributed by atoms with Crippen molar-refractivity contribution in [2.24, 2.45) is 29.6 Å². The van der Waals surface area contributed by atoms with Crippen LogP contribution in [0.2, 0.25) is 0 Å². The zero-order chi connectivity index (χ0) is 37.4. The van der Waals surface area contributed by atoms with Crippen LogP contribution in [0.5, 0.6) is 0 Å². The summed E-state index contributed by atoms with van der Waals surface area (Å²) in [6.07, 6.45) is 6.02. The minimum absolute atomic E-state index is 0.0178. The lowest BCUT2D eigenvalue weighted by atomic mass is 9.86. The number of carbonyl (C=O) groups is 1. The molecule has 5 aliphatic rings. The van der Waals surface area contributed by atoms with Gasteiger partial charge in [-0.25, -0.2) is 22.2 Å². The van der Waals surface area contributed by atoms with E-state index in [1.807, 2.05) is 0 Å². The molecule has 54 heavy (non-hydrogen) atoms. The quantitative estimate of drug-likeness (QED) is 0.242. The van der Waals surface area contributed by atoms with Crippen LogP contribution in [0.3, 0.4) is 0 Å². The number of rotatable bonds is 10. The fraction of sp³-hybridized carbons (Fsp3) is 0.650. The Hall–Kier alpha value is -3.01. The largest absolute Gasteiger partial charge is 0.462 e. The molecule has 1 aromatic heterocycles. The van der Waals surface area contributed by atoms with Gasteiger partial charge in [0, 0.05) is 61.6 Å². The summed E-state index contributed by atoms with van der Waals surface area (Å²) in [5.74, 6) is -1.43. The van der Waals surface area contributed by atoms with E-state index in [1.54, 1.807) is 6.07 Å². The highest BCUT2D eigenvalue weighted by molar-refractivity contribution is 7.89. The van der Waals surface area contributed by atoms with E-state index >= 15 is 0 Å². The molecule has 2 aromatic carbocycles. The summed E-state index contributed by atoms with van der Waals surface area (Å²) in [6, 6.07) is 6.33. The van der Waals surface area contributed by atoms with Gasteiger partial charge < -0.3 is 28.5 Å². The molecule has 0 unspecified atom stereocenters. The van der Waals surface area contributed by atoms with Gasteiger partial charge in [-0.2, -0.15) is 4.31 Å². The standard InChI is InChI=1S/C40H50F2N2O9S/c41-29-13-25(14-30(42)19-29)12-26(18-38(46)53-34-17-28-23-51-40-39(28)31(34)8-11-50-40)33(45)21-44-9-4-2-1-3-5-10-49-22-27-16-32-35(20-36(27)54(44,47)48)52-37(43-32)15-24-6-7-24/h13-14,16,19-20,24,26,28,31,33-34,39-40,45H,1-12,15,17-18,21-23H2/t26-,28+,31+,33-,34+,39-,40-/m1/s1. The van der Waals surface area contributed by atoms with Crippen molar-refractivity contribution in [2.75, 3.05) is 32.9 Å². The Morgan fingerprint density at radius 3 is 2.61 bits per heavy atom. The smallest absolute Gasteiger partial charge is 0.306 e. The molecule has 294 valence electrons. The summed E-state index contributed by atoms with van der Waals surface area (Å²) >= 11 is 0. The third-order valence-electron chi connectivity index (χ3n) is 12.0. The average Bonchev–Trinajstić information content (AvgIpc) is 3.54. The number of hydrogen-bond acceptors (Lipinski definition) is 10. The van der Waals surface area contributed by atoms with Gasteiger partial charge in [0.2, 0.25) is 10.0 Å². The lowest BCUT2D eigenvalue weighted by Crippen LogP contribution is -2.42. The van der Waals surface area contributed by atoms with Gasteiger partial charge >= 0.3 is 5.97 Å². The maximum absolute atomic E-state index is 14.7. The normalized spacial score (nSPS) is 28.7. The number of ether oxygens (including phenoxy) is 4. The highest BCUT2D eigenvalue weighted by Gasteiger charge is 2.55. The number of hydrogen-bond donors (Lipinski definition) is 1. The molecule has 3 aliphatic heterocycles. The Kier molecular flexibility index (Phi) is 11.4. The monoisotopic (exact) mass is 772 g/mol. The predicted molar refractivity (Wildman–Crippen MR) is 191 cm³/mol. The van der Waals surface area contributed by atoms with Gasteiger partial charge in [0.25, 0.3) is 0 Å². The van der Waals surface area contributed by atoms with Crippen molar-refractivity contribution in [3.8, 4) is 0 Å². The van der Waals surface area contributed by atoms with Crippen molar-refractivity contribution < 1.29 is 50.5 Å². The number of halogens is 2. The van der Waals surface area contributed by atoms with Crippen molar-refractivity contribution >= 4 is 27.1 Å². The van der Waals surface area contributed by atoms with Crippen molar-refractivity contribution in [3.63, 3.8) is 0 Å². The highest BCUT2D eigenvalue weighted by Crippen LogP contribution is 2.50. The maximum Gasteiger partial charge on any atom is 0.306 e. The third kappa shape index (κ3) is 8.53. The van der Waals surface area contributed by atoms with E-state index in [-0.39, 0.29) is 73.1 Å². The summed E-state index contributed by atoms with van der Waals surface area (Å²) in [7, 11) is -4.25. The van der Waals surface area contributed by atoms with Gasteiger partial charge in [-0.1, -0.05) is 19.3 Å². The van der Waals surface area contributed by atoms with Crippen LogP contribution in [0.25, 0.3) is 11.1 Å². The van der Waals surface area contributed by atoms with Crippen LogP contribution in [0.1, 0.15) is 81.2 Å². The molecule has 0 bridgehead atoms. The molecule has 4 fully saturated rings. The van der Waals surface area contributed by atoms with Crippen LogP contribution in [0.4, 0.5) is 8.78 Å². The first-order chi connectivity index (χ1) is 26.1. The first kappa shape index (κ1) is 37.9. The maximum atomic E-state index is 14.7. The summed E-state index contributed by atoms with van der Waals surface area (Å²) in [5, 5.41) is 11.9. The number of oxazole rings is 1. The predicted octanol–water partition coefficient (Wildman–Crippen LogP) is 6.08. The molecule has 0 radical (unpaired) electrons. The topological polar surface area (TPSA) is 138 Å². The van der Waals surface area contributed by atoms with Crippen molar-refractivity contribution in [3.05, 3.63) is 59.0 Å². The van der Waals surface area contributed by atoms with E-state index < -0.39 is 39.6 Å². The molecule has 1 N–H and O–H groups in total. The molecule has 11 nitrogen and oxygen atoms in total. The second-order valence-corrected chi connectivity index (χ2v) is 17.9. The number of esters is 1. The number of β-amino-alcohol motifs (C(OH)–C–C–N with tert-alkyl or cyclic N) is 1. The summed E-state index contributed by atoms with van der Waals surface area (Å²) < 4.78 is 89.1. The Morgan fingerprint density at radius 1 is 1.00 bits per heavy atom. The van der Waals surface area contributed by atoms with Gasteiger partial charge in [-0.05, 0) is 80.5 Å². The number of benzene rings is 2. The van der Waals surface area contributed by atoms with Crippen molar-refractivity contribution in [1.82, 2.24) is 9.29 Å². The van der Waals surface area contributed by atoms with E-state index in [9.17, 15) is 27.1 Å². The molecule has 0 spiro atoms. The fourth-order valence-corrected chi connectivity index (χ4v) is 10.7. The van der Waals surface area contributed by atoms with E-state index in [0.717, 1.165) is 51.0 Å². The van der Waals surface area contributed by atoms with Crippen LogP contribution in [0, 0.1) is 41.2 Å². The van der Waals surface area contributed by atoms with Crippen LogP contribution >= 0.6 is 0 Å². The number of carbonyl (C=O) groups excluding carboxylic acids is 1. The molecular formula is C40H50F2N2O9S. The zero-order valence-corrected chi connectivity index (χ0v) is 31.3. The molecule has 2 aliphatic carbocycles. The number of aromatic nitrogens is 1. The molecule has 14 heteroatoms. The number of nitrogens with zero attached hydrogens (tertiary/aromatic N) is 2. The van der Waals surface area contributed by atoms with Crippen LogP contribution in [-0.2, 0) is 53.2 Å². The first-order valence-corrected chi connectivity index (χ1v) is 21.1. The van der Waals surface area contributed by atoms with Gasteiger partial charge in [0.05, 0.1) is 37.2 Å². The second-order valence-electron chi connectivity index (χ2n) is 16.0. The number of aliphatic hydroxyl groups is 1. The Labute approximate surface area is 314 Å². The average molecular weight is 773 g/mol. The zero-order valence-electron chi connectivity index (χ0n) is 30.5. The van der Waals surface area contributed by atoms with E-state index in [4.69, 9.17) is 23.4 Å². The van der Waals surface area contributed by atoms with Crippen LogP contribution < -0.4 is 0 Å². The molecule has 4 heterocycles. The number of sulfonamides is 1. The fourth-order valence-electron chi connectivity index (χ4n) is 9.03. The Balaban J connectivity index is 1.06. The van der Waals surface area contributed by atoms with Crippen LogP contribution in [0.15, 0.2) is 39.6 Å². The molecule has 0 amide bonds. The second kappa shape index (κ2) is 16.2. The minimum Gasteiger partial charge on any atom is -0.462 e. The van der Waals surface area contributed by atoms with Crippen LogP contribution in [-0.4, -0.2) is 80.2 Å². The molecule has 2 saturated heterocycles. The van der Waals surface area contributed by atoms with E-state index in [0.29, 0.717) is 67.6 Å². The van der Waals surface area contributed by atoms with Gasteiger partial charge in [-0.15, -0.1) is 0 Å². The van der Waals surface area contributed by atoms with E-state index in [2.05, 4.69) is 4.98 Å². The van der Waals surface area contributed by atoms with Crippen molar-refractivity contribution in [1.29, 1.82) is 0 Å². The molecular weight excluding hydrogens is 723 g/mol. The molecule has 2 saturated carbocycles. The summed E-state index contributed by atoms with van der Waals surface area (Å²) in [5.41, 5.74) is 1.62. The molecule has 7 atom stereocenters. The Morgan fingerprint density at radius 2 is 1.80 bits per heavy atom. The lowest BCUT2D eigenvalue weighted by Gasteiger charge is -2.33. The Bertz CT molecular complexity index is 1900. The van der Waals surface area contributed by atoms with Gasteiger partial charge in [0.15, 0.2) is 17.8 Å². The summed E-state index contributed by atoms with van der Waals surface area (Å²) in [6.45, 7) is 1.41. The van der Waals surface area contributed by atoms with E-state index in [1.165, 1.54) is 22.5 Å². The van der Waals surface area contributed by atoms with Gasteiger partial charge in [0.1, 0.15) is 23.3 Å². The van der Waals surface area contributed by atoms with Crippen molar-refractivity contribution in [2.45, 2.75) is 107 Å². The minimum atomic E-state index is -4.25. The molecule has 3 aromatic rings. The molecule has 8 rings (SSSR count). The highest BCUT2D eigenvalue weighted by atomic mass is 32.2. The third-order valence-corrected chi connectivity index (χ3v) is 13.9.